The second-order valence-corrected chi connectivity index (χ2v) is 7.32. The van der Waals surface area contributed by atoms with Crippen LogP contribution in [0.3, 0.4) is 0 Å². The third-order valence-electron chi connectivity index (χ3n) is 4.40. The molecule has 1 aromatic heterocycles. The van der Waals surface area contributed by atoms with Crippen LogP contribution in [0.2, 0.25) is 0 Å². The zero-order valence-corrected chi connectivity index (χ0v) is 14.5. The number of benzene rings is 1. The molecule has 24 heavy (non-hydrogen) atoms. The lowest BCUT2D eigenvalue weighted by Crippen LogP contribution is -2.27. The number of fused-ring (bicyclic) bond motifs is 1. The molecule has 1 fully saturated rings. The molecule has 0 spiro atoms. The first-order chi connectivity index (χ1) is 11.5. The van der Waals surface area contributed by atoms with Crippen LogP contribution >= 0.6 is 11.3 Å². The highest BCUT2D eigenvalue weighted by Gasteiger charge is 2.40. The van der Waals surface area contributed by atoms with Gasteiger partial charge in [0.2, 0.25) is 0 Å². The van der Waals surface area contributed by atoms with Crippen molar-refractivity contribution in [3.63, 3.8) is 0 Å². The number of nitrogen functional groups attached to an aromatic ring is 1. The highest BCUT2D eigenvalue weighted by molar-refractivity contribution is 7.11. The van der Waals surface area contributed by atoms with E-state index in [0.29, 0.717) is 17.3 Å². The molecule has 2 heterocycles. The highest BCUT2D eigenvalue weighted by atomic mass is 32.1. The lowest BCUT2D eigenvalue weighted by atomic mass is 10.1. The summed E-state index contributed by atoms with van der Waals surface area (Å²) in [6.07, 6.45) is 2.51. The highest BCUT2D eigenvalue weighted by Crippen LogP contribution is 2.42. The number of carbonyl (C=O) groups is 1. The number of azo groups is 2. The number of amides is 1. The first-order valence-electron chi connectivity index (χ1n) is 8.02. The molecule has 1 aliphatic heterocycles. The molecule has 0 radical (unpaired) electrons. The number of carbonyl (C=O) groups excluding carboxylic acids is 1. The van der Waals surface area contributed by atoms with Crippen LogP contribution in [0.25, 0.3) is 0 Å². The van der Waals surface area contributed by atoms with Gasteiger partial charge in [-0.25, -0.2) is 5.32 Å². The fourth-order valence-corrected chi connectivity index (χ4v) is 3.91. The fraction of sp³-hybridized carbons (Fsp3) is 0.353. The number of thiophene rings is 1. The summed E-state index contributed by atoms with van der Waals surface area (Å²) in [6.45, 7) is 1.95. The van der Waals surface area contributed by atoms with E-state index in [0.717, 1.165) is 21.8 Å². The molecule has 1 aromatic carbocycles. The predicted molar refractivity (Wildman–Crippen MR) is 95.0 cm³/mol. The second-order valence-electron chi connectivity index (χ2n) is 6.41. The minimum atomic E-state index is -0.148. The molecule has 6 nitrogen and oxygen atoms in total. The maximum absolute atomic E-state index is 12.7. The molecule has 1 atom stereocenters. The number of nitrogens with two attached hydrogens (primary N) is 1. The largest absolute Gasteiger partial charge is 0.399 e. The van der Waals surface area contributed by atoms with Crippen molar-refractivity contribution in [2.45, 2.75) is 32.0 Å². The van der Waals surface area contributed by atoms with Gasteiger partial charge in [-0.2, -0.15) is 0 Å². The lowest BCUT2D eigenvalue weighted by molar-refractivity contribution is -0.604. The smallest absolute Gasteiger partial charge is 0.269 e. The molecule has 0 bridgehead atoms. The maximum Gasteiger partial charge on any atom is 0.269 e. The Labute approximate surface area is 144 Å². The Kier molecular flexibility index (Phi) is 3.62. The minimum absolute atomic E-state index is 0.0770. The molecule has 2 aromatic rings. The quantitative estimate of drug-likeness (QED) is 0.588. The van der Waals surface area contributed by atoms with Crippen molar-refractivity contribution in [3.05, 3.63) is 39.6 Å². The number of hydrogen-bond donors (Lipinski definition) is 3. The molecular formula is C17H20N5OS+. The van der Waals surface area contributed by atoms with Gasteiger partial charge in [-0.05, 0) is 42.6 Å². The van der Waals surface area contributed by atoms with E-state index in [9.17, 15) is 4.79 Å². The van der Waals surface area contributed by atoms with E-state index < -0.39 is 0 Å². The second kappa shape index (κ2) is 5.68. The number of aryl methyl sites for hydroxylation is 1. The number of rotatable bonds is 4. The van der Waals surface area contributed by atoms with E-state index in [1.165, 1.54) is 12.8 Å². The Hall–Kier alpha value is -2.25. The van der Waals surface area contributed by atoms with E-state index in [1.807, 2.05) is 36.2 Å². The number of nitrogens with one attached hydrogen (secondary N) is 2. The monoisotopic (exact) mass is 342 g/mol. The zero-order chi connectivity index (χ0) is 16.8. The molecule has 1 aliphatic carbocycles. The van der Waals surface area contributed by atoms with Crippen LogP contribution in [0.1, 0.15) is 39.8 Å². The standard InChI is InChI=1S/C17H19N5OS/c1-9-3-4-10(18)7-13(9)20-17(23)12-8-24-15-14(12)21-22(2)16(15)19-11-5-6-11/h3-4,7-8,11,16,19H,5-6,18H2,1-2H3/p+1. The van der Waals surface area contributed by atoms with Gasteiger partial charge in [-0.3, -0.25) is 4.79 Å². The minimum Gasteiger partial charge on any atom is -0.399 e. The molecule has 1 unspecified atom stereocenters. The van der Waals surface area contributed by atoms with Crippen LogP contribution in [0.4, 0.5) is 17.1 Å². The van der Waals surface area contributed by atoms with Crippen LogP contribution in [0.5, 0.6) is 0 Å². The van der Waals surface area contributed by atoms with Gasteiger partial charge in [0, 0.05) is 22.8 Å². The SMILES string of the molecule is Cc1ccc(N)cc1NC(=O)c1csc2c1N=[N+](C)C2NC1CC1. The Morgan fingerprint density at radius 2 is 2.21 bits per heavy atom. The van der Waals surface area contributed by atoms with Crippen molar-refractivity contribution in [1.29, 1.82) is 0 Å². The average molecular weight is 342 g/mol. The Bertz CT molecular complexity index is 853. The van der Waals surface area contributed by atoms with E-state index in [1.54, 1.807) is 17.4 Å². The normalized spacial score (nSPS) is 19.1. The van der Waals surface area contributed by atoms with Crippen LogP contribution in [-0.4, -0.2) is 23.7 Å². The zero-order valence-electron chi connectivity index (χ0n) is 13.7. The summed E-state index contributed by atoms with van der Waals surface area (Å²) in [7, 11) is 1.94. The van der Waals surface area contributed by atoms with Crippen molar-refractivity contribution in [3.8, 4) is 0 Å². The van der Waals surface area contributed by atoms with E-state index in [4.69, 9.17) is 5.73 Å². The van der Waals surface area contributed by atoms with E-state index in [-0.39, 0.29) is 12.1 Å². The number of nitrogens with zero attached hydrogens (tertiary/aromatic N) is 2. The van der Waals surface area contributed by atoms with Crippen LogP contribution < -0.4 is 16.4 Å². The lowest BCUT2D eigenvalue weighted by Gasteiger charge is -2.08. The van der Waals surface area contributed by atoms with Crippen LogP contribution in [0.15, 0.2) is 28.7 Å². The van der Waals surface area contributed by atoms with Gasteiger partial charge in [-0.1, -0.05) is 6.07 Å². The molecular weight excluding hydrogens is 322 g/mol. The van der Waals surface area contributed by atoms with Crippen LogP contribution in [-0.2, 0) is 0 Å². The molecule has 2 aliphatic rings. The molecule has 4 N–H and O–H groups in total. The average Bonchev–Trinajstić information content (AvgIpc) is 3.19. The summed E-state index contributed by atoms with van der Waals surface area (Å²) in [4.78, 5) is 13.8. The summed E-state index contributed by atoms with van der Waals surface area (Å²) in [6, 6.07) is 6.08. The van der Waals surface area contributed by atoms with E-state index >= 15 is 0 Å². The Morgan fingerprint density at radius 1 is 1.42 bits per heavy atom. The topological polar surface area (TPSA) is 82.5 Å². The third-order valence-corrected chi connectivity index (χ3v) is 5.42. The molecule has 7 heteroatoms. The summed E-state index contributed by atoms with van der Waals surface area (Å²) in [5.74, 6) is -0.148. The van der Waals surface area contributed by atoms with Crippen molar-refractivity contribution in [1.82, 2.24) is 5.32 Å². The van der Waals surface area contributed by atoms with Gasteiger partial charge >= 0.3 is 0 Å². The van der Waals surface area contributed by atoms with Crippen LogP contribution in [0, 0.1) is 6.92 Å². The molecule has 1 amide bonds. The third kappa shape index (κ3) is 2.70. The Morgan fingerprint density at radius 3 is 2.96 bits per heavy atom. The van der Waals surface area contributed by atoms with Gasteiger partial charge in [0.25, 0.3) is 12.1 Å². The van der Waals surface area contributed by atoms with Gasteiger partial charge in [-0.15, -0.1) is 16.0 Å². The van der Waals surface area contributed by atoms with Gasteiger partial charge in [0.1, 0.15) is 4.88 Å². The van der Waals surface area contributed by atoms with Crippen molar-refractivity contribution in [2.24, 2.45) is 5.11 Å². The van der Waals surface area contributed by atoms with Gasteiger partial charge in [0.05, 0.1) is 5.56 Å². The first kappa shape index (κ1) is 15.3. The Balaban J connectivity index is 1.59. The van der Waals surface area contributed by atoms with Crippen molar-refractivity contribution in [2.75, 3.05) is 18.1 Å². The summed E-state index contributed by atoms with van der Waals surface area (Å²) in [5, 5.41) is 13.0. The molecule has 1 saturated carbocycles. The summed E-state index contributed by atoms with van der Waals surface area (Å²) < 4.78 is 1.90. The summed E-state index contributed by atoms with van der Waals surface area (Å²) in [5.41, 5.74) is 9.55. The summed E-state index contributed by atoms with van der Waals surface area (Å²) >= 11 is 1.58. The molecule has 4 rings (SSSR count). The van der Waals surface area contributed by atoms with Gasteiger partial charge in [0.15, 0.2) is 12.7 Å². The number of hydrogen-bond acceptors (Lipinski definition) is 5. The van der Waals surface area contributed by atoms with Gasteiger partial charge < -0.3 is 11.1 Å². The van der Waals surface area contributed by atoms with Crippen molar-refractivity contribution < 1.29 is 9.49 Å². The first-order valence-corrected chi connectivity index (χ1v) is 8.90. The fourth-order valence-electron chi connectivity index (χ4n) is 2.83. The van der Waals surface area contributed by atoms with Crippen molar-refractivity contribution >= 4 is 34.3 Å². The maximum atomic E-state index is 12.7. The predicted octanol–water partition coefficient (Wildman–Crippen LogP) is 3.38. The van der Waals surface area contributed by atoms with E-state index in [2.05, 4.69) is 15.7 Å². The molecule has 0 saturated heterocycles. The molecule has 124 valence electrons. The number of anilines is 2.